The highest BCUT2D eigenvalue weighted by Gasteiger charge is 2.10. The lowest BCUT2D eigenvalue weighted by Crippen LogP contribution is -2.05. The molecule has 1 aromatic carbocycles. The molecule has 0 radical (unpaired) electrons. The maximum Gasteiger partial charge on any atom is 0.125 e. The number of aryl methyl sites for hydroxylation is 1. The van der Waals surface area contributed by atoms with Gasteiger partial charge in [-0.3, -0.25) is 0 Å². The fraction of sp³-hybridized carbons (Fsp3) is 0.231. The van der Waals surface area contributed by atoms with Gasteiger partial charge in [0.15, 0.2) is 0 Å². The number of hydrogen-bond donors (Lipinski definition) is 1. The molecule has 3 heteroatoms. The lowest BCUT2D eigenvalue weighted by Gasteiger charge is -2.06. The number of halogens is 1. The minimum atomic E-state index is -0.208. The highest BCUT2D eigenvalue weighted by Crippen LogP contribution is 2.28. The topological polar surface area (TPSA) is 25.2 Å². The van der Waals surface area contributed by atoms with Gasteiger partial charge in [0.1, 0.15) is 11.6 Å². The van der Waals surface area contributed by atoms with E-state index >= 15 is 0 Å². The molecule has 1 heterocycles. The second kappa shape index (κ2) is 4.49. The molecule has 0 atom stereocenters. The monoisotopic (exact) mass is 219 g/mol. The summed E-state index contributed by atoms with van der Waals surface area (Å²) in [6, 6.07) is 6.70. The van der Waals surface area contributed by atoms with E-state index in [0.717, 1.165) is 22.5 Å². The maximum absolute atomic E-state index is 13.0. The zero-order valence-corrected chi connectivity index (χ0v) is 9.38. The van der Waals surface area contributed by atoms with Crippen molar-refractivity contribution in [2.45, 2.75) is 13.5 Å². The van der Waals surface area contributed by atoms with Gasteiger partial charge < -0.3 is 9.73 Å². The Balaban J connectivity index is 2.46. The van der Waals surface area contributed by atoms with E-state index in [2.05, 4.69) is 5.32 Å². The molecule has 16 heavy (non-hydrogen) atoms. The van der Waals surface area contributed by atoms with E-state index in [1.54, 1.807) is 12.3 Å². The lowest BCUT2D eigenvalue weighted by atomic mass is 10.0. The van der Waals surface area contributed by atoms with Gasteiger partial charge in [-0.25, -0.2) is 4.39 Å². The molecule has 0 saturated heterocycles. The Hall–Kier alpha value is -1.61. The summed E-state index contributed by atoms with van der Waals surface area (Å²) >= 11 is 0. The van der Waals surface area contributed by atoms with Crippen LogP contribution in [0.25, 0.3) is 11.1 Å². The smallest absolute Gasteiger partial charge is 0.125 e. The number of benzene rings is 1. The van der Waals surface area contributed by atoms with Crippen molar-refractivity contribution in [3.63, 3.8) is 0 Å². The summed E-state index contributed by atoms with van der Waals surface area (Å²) in [5.41, 5.74) is 2.95. The first-order valence-corrected chi connectivity index (χ1v) is 5.20. The lowest BCUT2D eigenvalue weighted by molar-refractivity contribution is 0.496. The molecule has 0 saturated carbocycles. The van der Waals surface area contributed by atoms with Crippen molar-refractivity contribution >= 4 is 0 Å². The fourth-order valence-corrected chi connectivity index (χ4v) is 1.81. The summed E-state index contributed by atoms with van der Waals surface area (Å²) < 4.78 is 18.4. The molecule has 84 valence electrons. The highest BCUT2D eigenvalue weighted by molar-refractivity contribution is 5.68. The summed E-state index contributed by atoms with van der Waals surface area (Å²) in [6.07, 6.45) is 1.66. The molecule has 0 aliphatic rings. The average Bonchev–Trinajstić information content (AvgIpc) is 2.67. The van der Waals surface area contributed by atoms with Gasteiger partial charge in [0, 0.05) is 5.56 Å². The van der Waals surface area contributed by atoms with E-state index < -0.39 is 0 Å². The van der Waals surface area contributed by atoms with Crippen LogP contribution in [0.2, 0.25) is 0 Å². The molecule has 0 amide bonds. The van der Waals surface area contributed by atoms with Gasteiger partial charge in [0.25, 0.3) is 0 Å². The molecule has 0 bridgehead atoms. The zero-order chi connectivity index (χ0) is 11.5. The second-order valence-electron chi connectivity index (χ2n) is 3.75. The molecule has 1 N–H and O–H groups in total. The second-order valence-corrected chi connectivity index (χ2v) is 3.75. The summed E-state index contributed by atoms with van der Waals surface area (Å²) in [7, 11) is 1.86. The molecule has 0 fully saturated rings. The van der Waals surface area contributed by atoms with Crippen LogP contribution < -0.4 is 5.32 Å². The highest BCUT2D eigenvalue weighted by atomic mass is 19.1. The number of hydrogen-bond acceptors (Lipinski definition) is 2. The third-order valence-electron chi connectivity index (χ3n) is 2.56. The van der Waals surface area contributed by atoms with Gasteiger partial charge >= 0.3 is 0 Å². The van der Waals surface area contributed by atoms with Crippen LogP contribution in [0.15, 0.2) is 34.9 Å². The van der Waals surface area contributed by atoms with Crippen LogP contribution in [0, 0.1) is 12.7 Å². The molecule has 2 aromatic rings. The predicted octanol–water partition coefficient (Wildman–Crippen LogP) is 3.11. The first-order chi connectivity index (χ1) is 7.72. The third kappa shape index (κ3) is 1.99. The van der Waals surface area contributed by atoms with Gasteiger partial charge in [-0.15, -0.1) is 0 Å². The van der Waals surface area contributed by atoms with Crippen molar-refractivity contribution in [2.75, 3.05) is 7.05 Å². The first kappa shape index (κ1) is 10.9. The van der Waals surface area contributed by atoms with Crippen LogP contribution in [0.1, 0.15) is 11.3 Å². The van der Waals surface area contributed by atoms with Crippen molar-refractivity contribution in [1.29, 1.82) is 0 Å². The standard InChI is InChI=1S/C13H14FNO/c1-9-7-10(14)3-4-11(9)12-5-6-16-13(12)8-15-2/h3-7,15H,8H2,1-2H3. The maximum atomic E-state index is 13.0. The number of furan rings is 1. The van der Waals surface area contributed by atoms with Crippen molar-refractivity contribution in [3.05, 3.63) is 47.7 Å². The van der Waals surface area contributed by atoms with Crippen LogP contribution >= 0.6 is 0 Å². The molecule has 0 spiro atoms. The van der Waals surface area contributed by atoms with Gasteiger partial charge in [-0.05, 0) is 43.3 Å². The fourth-order valence-electron chi connectivity index (χ4n) is 1.81. The minimum Gasteiger partial charge on any atom is -0.467 e. The quantitative estimate of drug-likeness (QED) is 0.858. The van der Waals surface area contributed by atoms with Crippen molar-refractivity contribution < 1.29 is 8.81 Å². The molecular formula is C13H14FNO. The van der Waals surface area contributed by atoms with Gasteiger partial charge in [0.2, 0.25) is 0 Å². The predicted molar refractivity (Wildman–Crippen MR) is 61.6 cm³/mol. The summed E-state index contributed by atoms with van der Waals surface area (Å²) in [6.45, 7) is 2.56. The molecule has 0 aliphatic carbocycles. The van der Waals surface area contributed by atoms with E-state index in [9.17, 15) is 4.39 Å². The Morgan fingerprint density at radius 3 is 2.75 bits per heavy atom. The van der Waals surface area contributed by atoms with Crippen molar-refractivity contribution in [2.24, 2.45) is 0 Å². The zero-order valence-electron chi connectivity index (χ0n) is 9.38. The van der Waals surface area contributed by atoms with Crippen LogP contribution in [0.3, 0.4) is 0 Å². The summed E-state index contributed by atoms with van der Waals surface area (Å²) in [5.74, 6) is 0.664. The van der Waals surface area contributed by atoms with E-state index in [4.69, 9.17) is 4.42 Å². The van der Waals surface area contributed by atoms with E-state index in [1.165, 1.54) is 12.1 Å². The molecule has 0 aliphatic heterocycles. The third-order valence-corrected chi connectivity index (χ3v) is 2.56. The van der Waals surface area contributed by atoms with Crippen LogP contribution in [0.4, 0.5) is 4.39 Å². The van der Waals surface area contributed by atoms with Gasteiger partial charge in [-0.2, -0.15) is 0 Å². The first-order valence-electron chi connectivity index (χ1n) is 5.20. The number of nitrogens with one attached hydrogen (secondary N) is 1. The summed E-state index contributed by atoms with van der Waals surface area (Å²) in [4.78, 5) is 0. The van der Waals surface area contributed by atoms with E-state index in [1.807, 2.05) is 20.0 Å². The van der Waals surface area contributed by atoms with Gasteiger partial charge in [-0.1, -0.05) is 6.07 Å². The Morgan fingerprint density at radius 1 is 1.25 bits per heavy atom. The van der Waals surface area contributed by atoms with Crippen LogP contribution in [0.5, 0.6) is 0 Å². The number of rotatable bonds is 3. The largest absolute Gasteiger partial charge is 0.467 e. The van der Waals surface area contributed by atoms with Crippen LogP contribution in [-0.4, -0.2) is 7.05 Å². The van der Waals surface area contributed by atoms with Crippen molar-refractivity contribution in [3.8, 4) is 11.1 Å². The average molecular weight is 219 g/mol. The Bertz CT molecular complexity index is 490. The molecule has 2 rings (SSSR count). The van der Waals surface area contributed by atoms with Crippen LogP contribution in [-0.2, 0) is 6.54 Å². The minimum absolute atomic E-state index is 0.208. The van der Waals surface area contributed by atoms with Gasteiger partial charge in [0.05, 0.1) is 12.8 Å². The summed E-state index contributed by atoms with van der Waals surface area (Å²) in [5, 5.41) is 3.04. The molecule has 0 unspecified atom stereocenters. The SMILES string of the molecule is CNCc1occc1-c1ccc(F)cc1C. The van der Waals surface area contributed by atoms with E-state index in [-0.39, 0.29) is 5.82 Å². The molecule has 1 aromatic heterocycles. The molecule has 2 nitrogen and oxygen atoms in total. The Morgan fingerprint density at radius 2 is 2.06 bits per heavy atom. The van der Waals surface area contributed by atoms with Crippen molar-refractivity contribution in [1.82, 2.24) is 5.32 Å². The Kier molecular flexibility index (Phi) is 3.06. The molecular weight excluding hydrogens is 205 g/mol. The Labute approximate surface area is 94.1 Å². The normalized spacial score (nSPS) is 10.7. The van der Waals surface area contributed by atoms with E-state index in [0.29, 0.717) is 6.54 Å².